The summed E-state index contributed by atoms with van der Waals surface area (Å²) in [6, 6.07) is 40.6. The minimum absolute atomic E-state index is 1.14. The Bertz CT molecular complexity index is 1410. The highest BCUT2D eigenvalue weighted by Gasteiger charge is 2.13. The van der Waals surface area contributed by atoms with E-state index in [0.29, 0.717) is 0 Å². The summed E-state index contributed by atoms with van der Waals surface area (Å²) < 4.78 is 0. The number of benzene rings is 4. The first kappa shape index (κ1) is 22.6. The van der Waals surface area contributed by atoms with Crippen LogP contribution < -0.4 is 4.90 Å². The predicted molar refractivity (Wildman–Crippen MR) is 154 cm³/mol. The van der Waals surface area contributed by atoms with Gasteiger partial charge in [-0.3, -0.25) is 0 Å². The van der Waals surface area contributed by atoms with Crippen molar-refractivity contribution in [1.29, 1.82) is 0 Å². The van der Waals surface area contributed by atoms with Gasteiger partial charge in [0, 0.05) is 21.9 Å². The SMILES string of the molecule is Cc1ccccc1N(c1ccccc1)c1ccc(/C=C/c2ccc(/C=C/c3cccs3)cc2)cc1. The van der Waals surface area contributed by atoms with E-state index in [1.54, 1.807) is 11.3 Å². The highest BCUT2D eigenvalue weighted by molar-refractivity contribution is 7.10. The second-order valence-electron chi connectivity index (χ2n) is 8.40. The molecule has 0 radical (unpaired) electrons. The number of rotatable bonds is 7. The summed E-state index contributed by atoms with van der Waals surface area (Å²) in [5, 5.41) is 2.10. The quantitative estimate of drug-likeness (QED) is 0.214. The summed E-state index contributed by atoms with van der Waals surface area (Å²) in [6.07, 6.45) is 8.65. The Morgan fingerprint density at radius 3 is 1.66 bits per heavy atom. The van der Waals surface area contributed by atoms with Crippen LogP contribution in [-0.4, -0.2) is 0 Å². The molecule has 0 aliphatic carbocycles. The van der Waals surface area contributed by atoms with E-state index in [4.69, 9.17) is 0 Å². The monoisotopic (exact) mass is 469 g/mol. The number of hydrogen-bond donors (Lipinski definition) is 0. The van der Waals surface area contributed by atoms with Gasteiger partial charge in [-0.05, 0) is 77.0 Å². The first-order valence-corrected chi connectivity index (χ1v) is 12.6. The van der Waals surface area contributed by atoms with Crippen LogP contribution >= 0.6 is 11.3 Å². The minimum atomic E-state index is 1.14. The lowest BCUT2D eigenvalue weighted by atomic mass is 10.1. The maximum Gasteiger partial charge on any atom is 0.0490 e. The molecule has 0 unspecified atom stereocenters. The highest BCUT2D eigenvalue weighted by Crippen LogP contribution is 2.36. The lowest BCUT2D eigenvalue weighted by Gasteiger charge is -2.27. The van der Waals surface area contributed by atoms with Crippen molar-refractivity contribution >= 4 is 52.7 Å². The van der Waals surface area contributed by atoms with Crippen LogP contribution in [0.2, 0.25) is 0 Å². The first-order chi connectivity index (χ1) is 17.3. The summed E-state index contributed by atoms with van der Waals surface area (Å²) in [4.78, 5) is 3.58. The van der Waals surface area contributed by atoms with Crippen molar-refractivity contribution in [1.82, 2.24) is 0 Å². The Balaban J connectivity index is 1.33. The van der Waals surface area contributed by atoms with Gasteiger partial charge in [0.05, 0.1) is 0 Å². The molecule has 2 heteroatoms. The van der Waals surface area contributed by atoms with Gasteiger partial charge in [-0.15, -0.1) is 11.3 Å². The highest BCUT2D eigenvalue weighted by atomic mass is 32.1. The zero-order valence-corrected chi connectivity index (χ0v) is 20.5. The third-order valence-corrected chi connectivity index (χ3v) is 6.75. The number of nitrogens with zero attached hydrogens (tertiary/aromatic N) is 1. The van der Waals surface area contributed by atoms with Crippen molar-refractivity contribution in [2.45, 2.75) is 6.92 Å². The van der Waals surface area contributed by atoms with Crippen LogP contribution in [0.5, 0.6) is 0 Å². The van der Waals surface area contributed by atoms with Crippen molar-refractivity contribution in [3.05, 3.63) is 148 Å². The fourth-order valence-electron chi connectivity index (χ4n) is 4.03. The van der Waals surface area contributed by atoms with E-state index in [0.717, 1.165) is 11.4 Å². The molecule has 0 atom stereocenters. The van der Waals surface area contributed by atoms with Crippen molar-refractivity contribution in [3.8, 4) is 0 Å². The van der Waals surface area contributed by atoms with Crippen LogP contribution in [0.3, 0.4) is 0 Å². The van der Waals surface area contributed by atoms with Crippen molar-refractivity contribution < 1.29 is 0 Å². The van der Waals surface area contributed by atoms with Crippen LogP contribution in [0, 0.1) is 6.92 Å². The minimum Gasteiger partial charge on any atom is -0.310 e. The van der Waals surface area contributed by atoms with E-state index in [2.05, 4.69) is 157 Å². The maximum absolute atomic E-state index is 2.31. The average molecular weight is 470 g/mol. The molecule has 1 heterocycles. The molecular weight excluding hydrogens is 442 g/mol. The third kappa shape index (κ3) is 5.68. The topological polar surface area (TPSA) is 3.24 Å². The Morgan fingerprint density at radius 2 is 1.06 bits per heavy atom. The lowest BCUT2D eigenvalue weighted by molar-refractivity contribution is 1.25. The molecule has 0 saturated heterocycles. The Hall–Kier alpha value is -4.14. The molecule has 0 saturated carbocycles. The Kier molecular flexibility index (Phi) is 7.02. The molecule has 4 aromatic carbocycles. The summed E-state index contributed by atoms with van der Waals surface area (Å²) in [7, 11) is 0. The predicted octanol–water partition coefficient (Wildman–Crippen LogP) is 9.87. The molecule has 1 aromatic heterocycles. The molecule has 5 aromatic rings. The number of hydrogen-bond acceptors (Lipinski definition) is 2. The van der Waals surface area contributed by atoms with Crippen molar-refractivity contribution in [3.63, 3.8) is 0 Å². The standard InChI is InChI=1S/C33H27NS/c1-26-8-5-6-12-33(26)34(30-9-3-2-4-10-30)31-22-19-29(20-23-31)18-15-27-13-16-28(17-14-27)21-24-32-11-7-25-35-32/h2-25H,1H3/b18-15+,24-21+. The van der Waals surface area contributed by atoms with E-state index in [1.807, 2.05) is 0 Å². The van der Waals surface area contributed by atoms with Gasteiger partial charge in [0.2, 0.25) is 0 Å². The summed E-state index contributed by atoms with van der Waals surface area (Å²) in [6.45, 7) is 2.16. The number of anilines is 3. The normalized spacial score (nSPS) is 11.3. The van der Waals surface area contributed by atoms with Crippen LogP contribution in [0.1, 0.15) is 27.1 Å². The fraction of sp³-hybridized carbons (Fsp3) is 0.0303. The number of para-hydroxylation sites is 2. The van der Waals surface area contributed by atoms with E-state index in [9.17, 15) is 0 Å². The second-order valence-corrected chi connectivity index (χ2v) is 9.38. The van der Waals surface area contributed by atoms with Gasteiger partial charge in [0.25, 0.3) is 0 Å². The van der Waals surface area contributed by atoms with Crippen LogP contribution in [0.25, 0.3) is 24.3 Å². The number of aryl methyl sites for hydroxylation is 1. The van der Waals surface area contributed by atoms with Crippen molar-refractivity contribution in [2.75, 3.05) is 4.90 Å². The van der Waals surface area contributed by atoms with Crippen LogP contribution in [0.4, 0.5) is 17.1 Å². The molecular formula is C33H27NS. The molecule has 0 aliphatic heterocycles. The first-order valence-electron chi connectivity index (χ1n) is 11.8. The van der Waals surface area contributed by atoms with Gasteiger partial charge in [0.1, 0.15) is 0 Å². The summed E-state index contributed by atoms with van der Waals surface area (Å²) in [5.41, 5.74) is 8.30. The smallest absolute Gasteiger partial charge is 0.0490 e. The zero-order chi connectivity index (χ0) is 23.9. The van der Waals surface area contributed by atoms with E-state index in [1.165, 1.54) is 32.8 Å². The van der Waals surface area contributed by atoms with Crippen molar-refractivity contribution in [2.24, 2.45) is 0 Å². The molecule has 0 aliphatic rings. The Morgan fingerprint density at radius 1 is 0.514 bits per heavy atom. The molecule has 5 rings (SSSR count). The van der Waals surface area contributed by atoms with Gasteiger partial charge in [-0.1, -0.05) is 97.1 Å². The molecule has 1 nitrogen and oxygen atoms in total. The van der Waals surface area contributed by atoms with E-state index < -0.39 is 0 Å². The van der Waals surface area contributed by atoms with Crippen LogP contribution in [0.15, 0.2) is 121 Å². The average Bonchev–Trinajstić information content (AvgIpc) is 3.43. The molecule has 0 amide bonds. The zero-order valence-electron chi connectivity index (χ0n) is 19.7. The van der Waals surface area contributed by atoms with Gasteiger partial charge in [-0.25, -0.2) is 0 Å². The second kappa shape index (κ2) is 10.9. The van der Waals surface area contributed by atoms with Gasteiger partial charge >= 0.3 is 0 Å². The maximum atomic E-state index is 2.31. The molecule has 35 heavy (non-hydrogen) atoms. The number of thiophene rings is 1. The summed E-state index contributed by atoms with van der Waals surface area (Å²) >= 11 is 1.75. The molecule has 0 fully saturated rings. The lowest BCUT2D eigenvalue weighted by Crippen LogP contribution is -2.11. The fourth-order valence-corrected chi connectivity index (χ4v) is 4.65. The molecule has 0 spiro atoms. The molecule has 170 valence electrons. The van der Waals surface area contributed by atoms with Crippen LogP contribution in [-0.2, 0) is 0 Å². The van der Waals surface area contributed by atoms with Gasteiger partial charge < -0.3 is 4.90 Å². The van der Waals surface area contributed by atoms with E-state index >= 15 is 0 Å². The summed E-state index contributed by atoms with van der Waals surface area (Å²) in [5.74, 6) is 0. The third-order valence-electron chi connectivity index (χ3n) is 5.91. The van der Waals surface area contributed by atoms with E-state index in [-0.39, 0.29) is 0 Å². The largest absolute Gasteiger partial charge is 0.310 e. The molecule has 0 N–H and O–H groups in total. The Labute approximate surface area is 212 Å². The van der Waals surface area contributed by atoms with Gasteiger partial charge in [0.15, 0.2) is 0 Å². The molecule has 0 bridgehead atoms. The van der Waals surface area contributed by atoms with Gasteiger partial charge in [-0.2, -0.15) is 0 Å².